The Balaban J connectivity index is 2.83. The predicted octanol–water partition coefficient (Wildman–Crippen LogP) is -0.0594. The molecule has 4 heteroatoms. The maximum Gasteiger partial charge on any atom is 0.168 e. The number of rotatable bonds is 1. The summed E-state index contributed by atoms with van der Waals surface area (Å²) < 4.78 is 1.66. The first kappa shape index (κ1) is 7.09. The lowest BCUT2D eigenvalue weighted by atomic mass is 9.99. The van der Waals surface area contributed by atoms with Gasteiger partial charge in [-0.3, -0.25) is 9.20 Å². The van der Waals surface area contributed by atoms with Gasteiger partial charge in [-0.2, -0.15) is 0 Å². The van der Waals surface area contributed by atoms with E-state index < -0.39 is 0 Å². The molecule has 2 radical (unpaired) electrons. The molecule has 3 nitrogen and oxygen atoms in total. The second kappa shape index (κ2) is 2.48. The van der Waals surface area contributed by atoms with Gasteiger partial charge in [-0.1, -0.05) is 11.5 Å². The second-order valence-electron chi connectivity index (χ2n) is 2.49. The van der Waals surface area contributed by atoms with E-state index in [0.717, 1.165) is 11.9 Å². The molecule has 2 rings (SSSR count). The number of pyridine rings is 1. The first-order chi connectivity index (χ1) is 5.81. The molecule has 0 bridgehead atoms. The number of imidazole rings is 1. The summed E-state index contributed by atoms with van der Waals surface area (Å²) in [6.07, 6.45) is 3.94. The lowest BCUT2D eigenvalue weighted by Gasteiger charge is -1.96. The van der Waals surface area contributed by atoms with Crippen molar-refractivity contribution in [2.75, 3.05) is 0 Å². The average molecular weight is 156 g/mol. The molecule has 0 spiro atoms. The highest BCUT2D eigenvalue weighted by Crippen LogP contribution is 2.01. The van der Waals surface area contributed by atoms with Crippen molar-refractivity contribution in [2.45, 2.75) is 0 Å². The molecule has 0 fully saturated rings. The SMILES string of the molecule is [B]c1ccc2ncc(C=O)n2c1. The molecule has 0 amide bonds. The molecule has 0 unspecified atom stereocenters. The summed E-state index contributed by atoms with van der Waals surface area (Å²) in [5.41, 5.74) is 1.85. The Bertz CT molecular complexity index is 436. The first-order valence-corrected chi connectivity index (χ1v) is 3.49. The third-order valence-corrected chi connectivity index (χ3v) is 1.68. The van der Waals surface area contributed by atoms with Crippen LogP contribution in [0, 0.1) is 0 Å². The highest BCUT2D eigenvalue weighted by atomic mass is 16.1. The average Bonchev–Trinajstić information content (AvgIpc) is 2.46. The van der Waals surface area contributed by atoms with Gasteiger partial charge in [0, 0.05) is 6.20 Å². The highest BCUT2D eigenvalue weighted by Gasteiger charge is 1.99. The van der Waals surface area contributed by atoms with Crippen LogP contribution in [-0.4, -0.2) is 23.5 Å². The van der Waals surface area contributed by atoms with Crippen molar-refractivity contribution in [3.05, 3.63) is 30.2 Å². The molecule has 2 heterocycles. The van der Waals surface area contributed by atoms with Crippen LogP contribution in [-0.2, 0) is 0 Å². The quantitative estimate of drug-likeness (QED) is 0.428. The van der Waals surface area contributed by atoms with E-state index in [-0.39, 0.29) is 0 Å². The van der Waals surface area contributed by atoms with Gasteiger partial charge in [-0.05, 0) is 6.07 Å². The van der Waals surface area contributed by atoms with E-state index in [1.165, 1.54) is 6.20 Å². The predicted molar refractivity (Wildman–Crippen MR) is 46.0 cm³/mol. The fourth-order valence-corrected chi connectivity index (χ4v) is 1.10. The molecule has 56 valence electrons. The number of carbonyl (C=O) groups is 1. The number of hydrogen-bond acceptors (Lipinski definition) is 2. The van der Waals surface area contributed by atoms with Crippen molar-refractivity contribution >= 4 is 25.2 Å². The molecule has 0 aliphatic carbocycles. The van der Waals surface area contributed by atoms with Crippen LogP contribution < -0.4 is 5.46 Å². The van der Waals surface area contributed by atoms with Crippen molar-refractivity contribution in [2.24, 2.45) is 0 Å². The summed E-state index contributed by atoms with van der Waals surface area (Å²) >= 11 is 0. The van der Waals surface area contributed by atoms with Crippen LogP contribution >= 0.6 is 0 Å². The fraction of sp³-hybridized carbons (Fsp3) is 0. The number of hydrogen-bond donors (Lipinski definition) is 0. The standard InChI is InChI=1S/C8H5BN2O/c9-6-1-2-8-10-3-7(5-12)11(8)4-6/h1-5H. The van der Waals surface area contributed by atoms with Crippen molar-refractivity contribution in [1.82, 2.24) is 9.38 Å². The van der Waals surface area contributed by atoms with E-state index in [0.29, 0.717) is 11.2 Å². The third-order valence-electron chi connectivity index (χ3n) is 1.68. The Morgan fingerprint density at radius 2 is 2.33 bits per heavy atom. The molecule has 0 aromatic carbocycles. The summed E-state index contributed by atoms with van der Waals surface area (Å²) in [4.78, 5) is 14.5. The van der Waals surface area contributed by atoms with Crippen LogP contribution in [0.25, 0.3) is 5.65 Å². The summed E-state index contributed by atoms with van der Waals surface area (Å²) in [6.45, 7) is 0. The van der Waals surface area contributed by atoms with Crippen LogP contribution in [0.4, 0.5) is 0 Å². The van der Waals surface area contributed by atoms with Gasteiger partial charge in [0.15, 0.2) is 6.29 Å². The monoisotopic (exact) mass is 156 g/mol. The van der Waals surface area contributed by atoms with Gasteiger partial charge in [-0.25, -0.2) is 4.98 Å². The molecule has 2 aromatic rings. The van der Waals surface area contributed by atoms with E-state index in [2.05, 4.69) is 4.98 Å². The zero-order chi connectivity index (χ0) is 8.55. The minimum Gasteiger partial charge on any atom is -0.298 e. The Labute approximate surface area is 70.4 Å². The molecule has 12 heavy (non-hydrogen) atoms. The van der Waals surface area contributed by atoms with Crippen LogP contribution in [0.5, 0.6) is 0 Å². The minimum atomic E-state index is 0.511. The lowest BCUT2D eigenvalue weighted by Crippen LogP contribution is -2.05. The Morgan fingerprint density at radius 1 is 1.50 bits per heavy atom. The van der Waals surface area contributed by atoms with Gasteiger partial charge in [-0.15, -0.1) is 0 Å². The Hall–Kier alpha value is -1.58. The molecular weight excluding hydrogens is 151 g/mol. The van der Waals surface area contributed by atoms with Crippen molar-refractivity contribution in [3.63, 3.8) is 0 Å². The summed E-state index contributed by atoms with van der Waals surface area (Å²) in [6, 6.07) is 3.51. The van der Waals surface area contributed by atoms with Gasteiger partial charge in [0.1, 0.15) is 19.2 Å². The maximum atomic E-state index is 10.5. The molecule has 0 N–H and O–H groups in total. The maximum absolute atomic E-state index is 10.5. The zero-order valence-electron chi connectivity index (χ0n) is 6.27. The van der Waals surface area contributed by atoms with Crippen LogP contribution in [0.15, 0.2) is 24.5 Å². The Morgan fingerprint density at radius 3 is 3.08 bits per heavy atom. The fourth-order valence-electron chi connectivity index (χ4n) is 1.10. The minimum absolute atomic E-state index is 0.511. The molecule has 0 atom stereocenters. The van der Waals surface area contributed by atoms with E-state index in [1.54, 1.807) is 22.7 Å². The molecular formula is C8H5BN2O. The van der Waals surface area contributed by atoms with Crippen molar-refractivity contribution < 1.29 is 4.79 Å². The lowest BCUT2D eigenvalue weighted by molar-refractivity contribution is 0.111. The first-order valence-electron chi connectivity index (χ1n) is 3.49. The Kier molecular flexibility index (Phi) is 1.47. The van der Waals surface area contributed by atoms with Crippen LogP contribution in [0.1, 0.15) is 10.5 Å². The number of fused-ring (bicyclic) bond motifs is 1. The van der Waals surface area contributed by atoms with Gasteiger partial charge in [0.05, 0.1) is 6.20 Å². The molecule has 2 aromatic heterocycles. The zero-order valence-corrected chi connectivity index (χ0v) is 6.27. The summed E-state index contributed by atoms with van der Waals surface area (Å²) in [7, 11) is 5.54. The molecule has 0 saturated heterocycles. The van der Waals surface area contributed by atoms with E-state index >= 15 is 0 Å². The highest BCUT2D eigenvalue weighted by molar-refractivity contribution is 6.32. The number of nitrogens with zero attached hydrogens (tertiary/aromatic N) is 2. The van der Waals surface area contributed by atoms with Crippen LogP contribution in [0.3, 0.4) is 0 Å². The number of aromatic nitrogens is 2. The van der Waals surface area contributed by atoms with Gasteiger partial charge in [0.25, 0.3) is 0 Å². The second-order valence-corrected chi connectivity index (χ2v) is 2.49. The smallest absolute Gasteiger partial charge is 0.168 e. The van der Waals surface area contributed by atoms with E-state index in [4.69, 9.17) is 7.85 Å². The number of aldehydes is 1. The van der Waals surface area contributed by atoms with Crippen molar-refractivity contribution in [1.29, 1.82) is 0 Å². The molecule has 0 aliphatic heterocycles. The summed E-state index contributed by atoms with van der Waals surface area (Å²) in [5.74, 6) is 0. The van der Waals surface area contributed by atoms with E-state index in [9.17, 15) is 4.79 Å². The van der Waals surface area contributed by atoms with E-state index in [1.807, 2.05) is 0 Å². The van der Waals surface area contributed by atoms with Crippen LogP contribution in [0.2, 0.25) is 0 Å². The molecule has 0 aliphatic rings. The van der Waals surface area contributed by atoms with Gasteiger partial charge < -0.3 is 0 Å². The normalized spacial score (nSPS) is 10.3. The van der Waals surface area contributed by atoms with Gasteiger partial charge >= 0.3 is 0 Å². The third kappa shape index (κ3) is 0.924. The summed E-state index contributed by atoms with van der Waals surface area (Å²) in [5, 5.41) is 0. The topological polar surface area (TPSA) is 34.4 Å². The molecule has 0 saturated carbocycles. The van der Waals surface area contributed by atoms with Gasteiger partial charge in [0.2, 0.25) is 0 Å². The largest absolute Gasteiger partial charge is 0.298 e. The number of carbonyl (C=O) groups excluding carboxylic acids is 1. The van der Waals surface area contributed by atoms with Crippen molar-refractivity contribution in [3.8, 4) is 0 Å².